The minimum atomic E-state index is -0.692. The maximum Gasteiger partial charge on any atom is 0.340 e. The third kappa shape index (κ3) is 4.03. The molecular weight excluding hydrogens is 326 g/mol. The van der Waals surface area contributed by atoms with E-state index in [4.69, 9.17) is 14.2 Å². The van der Waals surface area contributed by atoms with Gasteiger partial charge in [0.05, 0.1) is 36.5 Å². The number of rotatable bonds is 7. The number of carbonyl (C=O) groups excluding carboxylic acids is 3. The zero-order valence-corrected chi connectivity index (χ0v) is 15.1. The van der Waals surface area contributed by atoms with Crippen molar-refractivity contribution < 1.29 is 28.6 Å². The predicted octanol–water partition coefficient (Wildman–Crippen LogP) is 1.73. The topological polar surface area (TPSA) is 82.1 Å². The molecule has 0 atom stereocenters. The first-order valence-corrected chi connectivity index (χ1v) is 8.78. The lowest BCUT2D eigenvalue weighted by molar-refractivity contribution is -0.143. The van der Waals surface area contributed by atoms with Gasteiger partial charge in [-0.15, -0.1) is 0 Å². The van der Waals surface area contributed by atoms with Gasteiger partial charge in [-0.2, -0.15) is 0 Å². The molecule has 1 fully saturated rings. The molecular formula is C18H25NO6. The van der Waals surface area contributed by atoms with Crippen molar-refractivity contribution in [1.29, 1.82) is 0 Å². The van der Waals surface area contributed by atoms with Crippen LogP contribution in [-0.4, -0.2) is 55.7 Å². The molecule has 0 unspecified atom stereocenters. The van der Waals surface area contributed by atoms with Crippen molar-refractivity contribution >= 4 is 17.9 Å². The Kier molecular flexibility index (Phi) is 6.61. The number of likely N-dealkylation sites (tertiary alicyclic amines) is 1. The Bertz CT molecular complexity index is 613. The molecule has 0 aromatic carbocycles. The summed E-state index contributed by atoms with van der Waals surface area (Å²) in [6, 6.07) is 0. The monoisotopic (exact) mass is 351 g/mol. The number of hydrogen-bond acceptors (Lipinski definition) is 7. The van der Waals surface area contributed by atoms with Crippen LogP contribution in [0.25, 0.3) is 0 Å². The van der Waals surface area contributed by atoms with Crippen LogP contribution in [0.3, 0.4) is 0 Å². The molecule has 0 radical (unpaired) electrons. The normalized spacial score (nSPS) is 17.2. The summed E-state index contributed by atoms with van der Waals surface area (Å²) >= 11 is 0. The molecule has 1 heterocycles. The van der Waals surface area contributed by atoms with Crippen LogP contribution in [0.15, 0.2) is 22.4 Å². The first-order chi connectivity index (χ1) is 12.0. The highest BCUT2D eigenvalue weighted by molar-refractivity contribution is 6.14. The molecule has 0 aromatic heterocycles. The first-order valence-electron chi connectivity index (χ1n) is 8.78. The van der Waals surface area contributed by atoms with Gasteiger partial charge in [-0.25, -0.2) is 14.4 Å². The van der Waals surface area contributed by atoms with Crippen LogP contribution < -0.4 is 0 Å². The Balaban J connectivity index is 2.51. The number of nitrogens with zero attached hydrogens (tertiary/aromatic N) is 1. The van der Waals surface area contributed by atoms with Gasteiger partial charge in [-0.1, -0.05) is 0 Å². The molecule has 7 heteroatoms. The predicted molar refractivity (Wildman–Crippen MR) is 89.4 cm³/mol. The quantitative estimate of drug-likeness (QED) is 0.510. The van der Waals surface area contributed by atoms with E-state index in [1.165, 1.54) is 0 Å². The van der Waals surface area contributed by atoms with Crippen molar-refractivity contribution in [2.24, 2.45) is 0 Å². The van der Waals surface area contributed by atoms with E-state index in [9.17, 15) is 14.4 Å². The van der Waals surface area contributed by atoms with Crippen LogP contribution >= 0.6 is 0 Å². The standard InChI is InChI=1S/C18H25NO6/c1-4-23-16(20)12-11-13(19-9-7-8-10-19)15(18(22)25-6-3)14(12)17(21)24-5-2/h4-11H2,1-3H3. The van der Waals surface area contributed by atoms with Gasteiger partial charge in [0.1, 0.15) is 0 Å². The largest absolute Gasteiger partial charge is 0.463 e. The maximum atomic E-state index is 12.6. The van der Waals surface area contributed by atoms with Crippen LogP contribution in [0, 0.1) is 0 Å². The average Bonchev–Trinajstić information content (AvgIpc) is 3.22. The average molecular weight is 351 g/mol. The Hall–Kier alpha value is -2.31. The van der Waals surface area contributed by atoms with E-state index in [1.54, 1.807) is 20.8 Å². The van der Waals surface area contributed by atoms with Crippen LogP contribution in [0.2, 0.25) is 0 Å². The lowest BCUT2D eigenvalue weighted by atomic mass is 10.1. The summed E-state index contributed by atoms with van der Waals surface area (Å²) in [6.07, 6.45) is 2.19. The van der Waals surface area contributed by atoms with Crippen LogP contribution in [0.4, 0.5) is 0 Å². The summed E-state index contributed by atoms with van der Waals surface area (Å²) in [5.74, 6) is -1.89. The van der Waals surface area contributed by atoms with Crippen LogP contribution in [-0.2, 0) is 28.6 Å². The molecule has 7 nitrogen and oxygen atoms in total. The number of hydrogen-bond donors (Lipinski definition) is 0. The molecule has 2 rings (SSSR count). The van der Waals surface area contributed by atoms with Crippen LogP contribution in [0.5, 0.6) is 0 Å². The Labute approximate surface area is 147 Å². The molecule has 0 N–H and O–H groups in total. The Morgan fingerprint density at radius 1 is 0.800 bits per heavy atom. The molecule has 0 aromatic rings. The molecule has 138 valence electrons. The molecule has 0 amide bonds. The van der Waals surface area contributed by atoms with Gasteiger partial charge in [0.25, 0.3) is 0 Å². The third-order valence-electron chi connectivity index (χ3n) is 4.15. The lowest BCUT2D eigenvalue weighted by Gasteiger charge is -2.21. The fourth-order valence-electron chi connectivity index (χ4n) is 3.14. The second-order valence-electron chi connectivity index (χ2n) is 5.71. The SMILES string of the molecule is CCOC(=O)C1=C(C(=O)OCC)C(C(=O)OCC)=C(N2CCCC2)C1. The second kappa shape index (κ2) is 8.69. The van der Waals surface area contributed by atoms with E-state index < -0.39 is 17.9 Å². The highest BCUT2D eigenvalue weighted by Gasteiger charge is 2.40. The fourth-order valence-corrected chi connectivity index (χ4v) is 3.14. The van der Waals surface area contributed by atoms with E-state index in [2.05, 4.69) is 0 Å². The molecule has 1 aliphatic heterocycles. The van der Waals surface area contributed by atoms with Gasteiger partial charge in [0.2, 0.25) is 0 Å². The van der Waals surface area contributed by atoms with Crippen molar-refractivity contribution in [3.63, 3.8) is 0 Å². The molecule has 1 aliphatic carbocycles. The zero-order chi connectivity index (χ0) is 18.4. The van der Waals surface area contributed by atoms with Gasteiger partial charge < -0.3 is 19.1 Å². The van der Waals surface area contributed by atoms with Crippen molar-refractivity contribution in [2.75, 3.05) is 32.9 Å². The highest BCUT2D eigenvalue weighted by atomic mass is 16.5. The van der Waals surface area contributed by atoms with Gasteiger partial charge in [-0.3, -0.25) is 0 Å². The molecule has 0 saturated carbocycles. The van der Waals surface area contributed by atoms with Gasteiger partial charge in [0, 0.05) is 25.2 Å². The number of esters is 3. The van der Waals surface area contributed by atoms with E-state index in [-0.39, 0.29) is 43.0 Å². The van der Waals surface area contributed by atoms with Gasteiger partial charge >= 0.3 is 17.9 Å². The van der Waals surface area contributed by atoms with E-state index in [0.717, 1.165) is 25.9 Å². The van der Waals surface area contributed by atoms with E-state index in [1.807, 2.05) is 4.90 Å². The minimum absolute atomic E-state index is 0.0133. The number of ether oxygens (including phenoxy) is 3. The molecule has 0 bridgehead atoms. The van der Waals surface area contributed by atoms with E-state index in [0.29, 0.717) is 5.70 Å². The molecule has 1 saturated heterocycles. The second-order valence-corrected chi connectivity index (χ2v) is 5.71. The van der Waals surface area contributed by atoms with Crippen LogP contribution in [0.1, 0.15) is 40.0 Å². The lowest BCUT2D eigenvalue weighted by Crippen LogP contribution is -2.23. The summed E-state index contributed by atoms with van der Waals surface area (Å²) in [6.45, 7) is 7.14. The number of carbonyl (C=O) groups is 3. The first kappa shape index (κ1) is 19.0. The smallest absolute Gasteiger partial charge is 0.340 e. The van der Waals surface area contributed by atoms with Gasteiger partial charge in [0.15, 0.2) is 0 Å². The molecule has 25 heavy (non-hydrogen) atoms. The fraction of sp³-hybridized carbons (Fsp3) is 0.611. The Morgan fingerprint density at radius 2 is 1.28 bits per heavy atom. The highest BCUT2D eigenvalue weighted by Crippen LogP contribution is 2.38. The third-order valence-corrected chi connectivity index (χ3v) is 4.15. The van der Waals surface area contributed by atoms with Crippen molar-refractivity contribution in [3.8, 4) is 0 Å². The maximum absolute atomic E-state index is 12.6. The summed E-state index contributed by atoms with van der Waals surface area (Å²) in [5, 5.41) is 0. The van der Waals surface area contributed by atoms with Gasteiger partial charge in [-0.05, 0) is 33.6 Å². The molecule has 2 aliphatic rings. The van der Waals surface area contributed by atoms with Crippen molar-refractivity contribution in [2.45, 2.75) is 40.0 Å². The summed E-state index contributed by atoms with van der Waals surface area (Å²) < 4.78 is 15.3. The zero-order valence-electron chi connectivity index (χ0n) is 15.1. The summed E-state index contributed by atoms with van der Waals surface area (Å²) in [5.41, 5.74) is 0.957. The van der Waals surface area contributed by atoms with Crippen molar-refractivity contribution in [3.05, 3.63) is 22.4 Å². The molecule has 0 spiro atoms. The van der Waals surface area contributed by atoms with Crippen molar-refractivity contribution in [1.82, 2.24) is 4.90 Å². The van der Waals surface area contributed by atoms with E-state index >= 15 is 0 Å². The summed E-state index contributed by atoms with van der Waals surface area (Å²) in [7, 11) is 0. The Morgan fingerprint density at radius 3 is 1.80 bits per heavy atom. The minimum Gasteiger partial charge on any atom is -0.463 e. The number of allylic oxidation sites excluding steroid dienone is 1. The summed E-state index contributed by atoms with van der Waals surface area (Å²) in [4.78, 5) is 39.5.